The minimum atomic E-state index is -0.151. The number of hydrogen-bond acceptors (Lipinski definition) is 3. The van der Waals surface area contributed by atoms with Crippen LogP contribution in [-0.4, -0.2) is 20.7 Å². The summed E-state index contributed by atoms with van der Waals surface area (Å²) in [4.78, 5) is 16.6. The van der Waals surface area contributed by atoms with Crippen molar-refractivity contribution in [3.63, 3.8) is 0 Å². The molecule has 122 valence electrons. The summed E-state index contributed by atoms with van der Waals surface area (Å²) in [7, 11) is 0. The summed E-state index contributed by atoms with van der Waals surface area (Å²) in [6.07, 6.45) is 3.43. The van der Waals surface area contributed by atoms with E-state index in [0.717, 1.165) is 16.9 Å². The molecule has 1 amide bonds. The van der Waals surface area contributed by atoms with E-state index in [4.69, 9.17) is 11.6 Å². The highest BCUT2D eigenvalue weighted by Crippen LogP contribution is 2.20. The highest BCUT2D eigenvalue weighted by Gasteiger charge is 2.19. The highest BCUT2D eigenvalue weighted by molar-refractivity contribution is 6.30. The predicted molar refractivity (Wildman–Crippen MR) is 93.5 cm³/mol. The number of carbonyl (C=O) groups is 1. The summed E-state index contributed by atoms with van der Waals surface area (Å²) in [5.74, 6) is -0.151. The first-order valence-corrected chi connectivity index (χ1v) is 7.93. The Morgan fingerprint density at radius 1 is 1.25 bits per heavy atom. The fourth-order valence-corrected chi connectivity index (χ4v) is 2.79. The molecule has 24 heavy (non-hydrogen) atoms. The van der Waals surface area contributed by atoms with Crippen molar-refractivity contribution in [2.24, 2.45) is 0 Å². The van der Waals surface area contributed by atoms with Gasteiger partial charge in [0.25, 0.3) is 5.91 Å². The fraction of sp³-hybridized carbons (Fsp3) is 0.167. The number of carbonyl (C=O) groups excluding carboxylic acids is 1. The predicted octanol–water partition coefficient (Wildman–Crippen LogP) is 3.47. The molecule has 6 heteroatoms. The van der Waals surface area contributed by atoms with Crippen molar-refractivity contribution in [3.8, 4) is 5.69 Å². The molecule has 0 spiro atoms. The zero-order valence-electron chi connectivity index (χ0n) is 13.5. The zero-order valence-corrected chi connectivity index (χ0v) is 14.2. The van der Waals surface area contributed by atoms with E-state index in [9.17, 15) is 4.79 Å². The van der Waals surface area contributed by atoms with Crippen LogP contribution in [0.25, 0.3) is 5.69 Å². The normalized spacial score (nSPS) is 10.6. The number of rotatable bonds is 4. The second-order valence-electron chi connectivity index (χ2n) is 5.48. The number of aromatic nitrogens is 3. The molecule has 0 aliphatic carbocycles. The lowest BCUT2D eigenvalue weighted by Gasteiger charge is -2.07. The first kappa shape index (κ1) is 16.2. The molecule has 0 fully saturated rings. The number of halogens is 1. The lowest BCUT2D eigenvalue weighted by molar-refractivity contribution is 0.0949. The summed E-state index contributed by atoms with van der Waals surface area (Å²) in [5.41, 5.74) is 3.81. The minimum absolute atomic E-state index is 0.151. The van der Waals surface area contributed by atoms with Crippen molar-refractivity contribution in [3.05, 3.63) is 76.3 Å². The topological polar surface area (TPSA) is 59.8 Å². The number of amides is 1. The summed E-state index contributed by atoms with van der Waals surface area (Å²) < 4.78 is 1.74. The smallest absolute Gasteiger partial charge is 0.255 e. The van der Waals surface area contributed by atoms with E-state index in [0.29, 0.717) is 22.8 Å². The van der Waals surface area contributed by atoms with Crippen LogP contribution in [-0.2, 0) is 6.54 Å². The Bertz CT molecular complexity index is 874. The maximum Gasteiger partial charge on any atom is 0.255 e. The van der Waals surface area contributed by atoms with E-state index in [1.807, 2.05) is 44.2 Å². The molecular formula is C18H17ClN4O. The molecule has 1 aromatic carbocycles. The van der Waals surface area contributed by atoms with Gasteiger partial charge < -0.3 is 5.32 Å². The molecule has 0 saturated heterocycles. The van der Waals surface area contributed by atoms with Gasteiger partial charge in [-0.15, -0.1) is 0 Å². The number of nitrogens with zero attached hydrogens (tertiary/aromatic N) is 3. The summed E-state index contributed by atoms with van der Waals surface area (Å²) >= 11 is 6.05. The highest BCUT2D eigenvalue weighted by atomic mass is 35.5. The third-order valence-corrected chi connectivity index (χ3v) is 3.98. The van der Waals surface area contributed by atoms with E-state index in [1.54, 1.807) is 23.1 Å². The van der Waals surface area contributed by atoms with Crippen molar-refractivity contribution in [2.45, 2.75) is 20.4 Å². The largest absolute Gasteiger partial charge is 0.348 e. The van der Waals surface area contributed by atoms with Crippen molar-refractivity contribution < 1.29 is 4.79 Å². The van der Waals surface area contributed by atoms with Gasteiger partial charge in [0.15, 0.2) is 0 Å². The molecule has 1 N–H and O–H groups in total. The SMILES string of the molecule is Cc1nn(-c2cccc(Cl)c2)c(C)c1C(=O)NCc1cccnc1. The quantitative estimate of drug-likeness (QED) is 0.791. The number of hydrogen-bond donors (Lipinski definition) is 1. The molecule has 0 unspecified atom stereocenters. The van der Waals surface area contributed by atoms with Crippen molar-refractivity contribution >= 4 is 17.5 Å². The van der Waals surface area contributed by atoms with Crippen molar-refractivity contribution in [1.29, 1.82) is 0 Å². The van der Waals surface area contributed by atoms with E-state index in [2.05, 4.69) is 15.4 Å². The molecule has 2 heterocycles. The average molecular weight is 341 g/mol. The number of pyridine rings is 1. The van der Waals surface area contributed by atoms with Gasteiger partial charge in [0.05, 0.1) is 22.6 Å². The second-order valence-corrected chi connectivity index (χ2v) is 5.92. The lowest BCUT2D eigenvalue weighted by atomic mass is 10.1. The molecule has 5 nitrogen and oxygen atoms in total. The summed E-state index contributed by atoms with van der Waals surface area (Å²) in [6.45, 7) is 4.13. The third kappa shape index (κ3) is 3.31. The molecule has 0 bridgehead atoms. The standard InChI is InChI=1S/C18H17ClN4O/c1-12-17(18(24)21-11-14-5-4-8-20-10-14)13(2)23(22-12)16-7-3-6-15(19)9-16/h3-10H,11H2,1-2H3,(H,21,24). The summed E-state index contributed by atoms with van der Waals surface area (Å²) in [6, 6.07) is 11.1. The Morgan fingerprint density at radius 2 is 2.08 bits per heavy atom. The van der Waals surface area contributed by atoms with Gasteiger partial charge >= 0.3 is 0 Å². The lowest BCUT2D eigenvalue weighted by Crippen LogP contribution is -2.24. The summed E-state index contributed by atoms with van der Waals surface area (Å²) in [5, 5.41) is 8.02. The van der Waals surface area contributed by atoms with Crippen LogP contribution in [0.15, 0.2) is 48.8 Å². The Labute approximate surface area is 145 Å². The van der Waals surface area contributed by atoms with Crippen molar-refractivity contribution in [2.75, 3.05) is 0 Å². The van der Waals surface area contributed by atoms with Crippen LogP contribution in [0.1, 0.15) is 27.3 Å². The van der Waals surface area contributed by atoms with Crippen LogP contribution in [0.4, 0.5) is 0 Å². The first-order chi connectivity index (χ1) is 11.6. The van der Waals surface area contributed by atoms with Crippen molar-refractivity contribution in [1.82, 2.24) is 20.1 Å². The molecule has 0 aliphatic rings. The van der Waals surface area contributed by atoms with E-state index >= 15 is 0 Å². The fourth-order valence-electron chi connectivity index (χ4n) is 2.60. The minimum Gasteiger partial charge on any atom is -0.348 e. The zero-order chi connectivity index (χ0) is 17.1. The van der Waals surface area contributed by atoms with Crippen LogP contribution >= 0.6 is 11.6 Å². The first-order valence-electron chi connectivity index (χ1n) is 7.55. The Balaban J connectivity index is 1.85. The van der Waals surface area contributed by atoms with Gasteiger partial charge in [0.2, 0.25) is 0 Å². The van der Waals surface area contributed by atoms with E-state index in [-0.39, 0.29) is 5.91 Å². The molecule has 0 radical (unpaired) electrons. The maximum absolute atomic E-state index is 12.6. The van der Waals surface area contributed by atoms with Gasteiger partial charge in [-0.2, -0.15) is 5.10 Å². The van der Waals surface area contributed by atoms with Crippen LogP contribution < -0.4 is 5.32 Å². The van der Waals surface area contributed by atoms with Gasteiger partial charge in [-0.25, -0.2) is 4.68 Å². The van der Waals surface area contributed by atoms with E-state index < -0.39 is 0 Å². The van der Waals surface area contributed by atoms with E-state index in [1.165, 1.54) is 0 Å². The Hall–Kier alpha value is -2.66. The second kappa shape index (κ2) is 6.84. The molecule has 3 rings (SSSR count). The number of aryl methyl sites for hydroxylation is 1. The van der Waals surface area contributed by atoms with Crippen LogP contribution in [0.3, 0.4) is 0 Å². The monoisotopic (exact) mass is 340 g/mol. The van der Waals surface area contributed by atoms with Crippen LogP contribution in [0.5, 0.6) is 0 Å². The Morgan fingerprint density at radius 3 is 2.79 bits per heavy atom. The molecule has 2 aromatic heterocycles. The molecule has 0 atom stereocenters. The Kier molecular flexibility index (Phi) is 4.62. The number of nitrogens with one attached hydrogen (secondary N) is 1. The van der Waals surface area contributed by atoms with Gasteiger partial charge in [-0.05, 0) is 43.7 Å². The van der Waals surface area contributed by atoms with Gasteiger partial charge in [0, 0.05) is 24.0 Å². The number of benzene rings is 1. The molecule has 0 saturated carbocycles. The van der Waals surface area contributed by atoms with Crippen LogP contribution in [0, 0.1) is 13.8 Å². The van der Waals surface area contributed by atoms with Gasteiger partial charge in [-0.1, -0.05) is 23.7 Å². The maximum atomic E-state index is 12.6. The molecular weight excluding hydrogens is 324 g/mol. The van der Waals surface area contributed by atoms with Gasteiger partial charge in [0.1, 0.15) is 0 Å². The van der Waals surface area contributed by atoms with Crippen LogP contribution in [0.2, 0.25) is 5.02 Å². The third-order valence-electron chi connectivity index (χ3n) is 3.75. The molecule has 0 aliphatic heterocycles. The molecule has 3 aromatic rings. The van der Waals surface area contributed by atoms with Gasteiger partial charge in [-0.3, -0.25) is 9.78 Å². The average Bonchev–Trinajstić information content (AvgIpc) is 2.88.